The Balaban J connectivity index is 2.63. The van der Waals surface area contributed by atoms with E-state index in [2.05, 4.69) is 4.90 Å². The minimum Gasteiger partial charge on any atom is -0.469 e. The van der Waals surface area contributed by atoms with Crippen molar-refractivity contribution in [2.75, 3.05) is 26.8 Å². The van der Waals surface area contributed by atoms with Gasteiger partial charge in [-0.1, -0.05) is 19.3 Å². The highest BCUT2D eigenvalue weighted by molar-refractivity contribution is 5.76. The molecule has 0 amide bonds. The van der Waals surface area contributed by atoms with E-state index in [9.17, 15) is 9.90 Å². The maximum absolute atomic E-state index is 11.7. The first-order chi connectivity index (χ1) is 8.51. The van der Waals surface area contributed by atoms with Crippen LogP contribution in [0, 0.1) is 5.41 Å². The minimum atomic E-state index is -0.513. The van der Waals surface area contributed by atoms with Crippen molar-refractivity contribution in [1.29, 1.82) is 0 Å². The van der Waals surface area contributed by atoms with Gasteiger partial charge >= 0.3 is 5.97 Å². The summed E-state index contributed by atoms with van der Waals surface area (Å²) in [5.41, 5.74) is -0.513. The zero-order valence-corrected chi connectivity index (χ0v) is 11.9. The van der Waals surface area contributed by atoms with Crippen LogP contribution in [0.3, 0.4) is 0 Å². The number of carbonyl (C=O) groups is 1. The van der Waals surface area contributed by atoms with E-state index in [1.165, 1.54) is 39.2 Å². The average molecular weight is 257 g/mol. The third-order valence-corrected chi connectivity index (χ3v) is 3.81. The molecule has 0 heterocycles. The van der Waals surface area contributed by atoms with Crippen molar-refractivity contribution in [3.63, 3.8) is 0 Å². The van der Waals surface area contributed by atoms with Gasteiger partial charge in [-0.05, 0) is 26.7 Å². The lowest BCUT2D eigenvalue weighted by molar-refractivity contribution is -0.152. The van der Waals surface area contributed by atoms with Gasteiger partial charge in [-0.2, -0.15) is 0 Å². The molecule has 4 heteroatoms. The summed E-state index contributed by atoms with van der Waals surface area (Å²) < 4.78 is 4.85. The number of aliphatic hydroxyl groups is 1. The molecule has 4 nitrogen and oxygen atoms in total. The molecule has 0 bridgehead atoms. The van der Waals surface area contributed by atoms with E-state index in [-0.39, 0.29) is 12.6 Å². The fraction of sp³-hybridized carbons (Fsp3) is 0.929. The molecule has 1 N–H and O–H groups in total. The fourth-order valence-electron chi connectivity index (χ4n) is 2.81. The second-order valence-electron chi connectivity index (χ2n) is 5.86. The molecule has 0 aromatic rings. The van der Waals surface area contributed by atoms with Gasteiger partial charge in [-0.3, -0.25) is 9.69 Å². The zero-order chi connectivity index (χ0) is 13.6. The minimum absolute atomic E-state index is 0.147. The molecule has 106 valence electrons. The maximum atomic E-state index is 11.7. The summed E-state index contributed by atoms with van der Waals surface area (Å²) in [6.45, 7) is 5.27. The molecule has 0 aromatic carbocycles. The van der Waals surface area contributed by atoms with Crippen LogP contribution < -0.4 is 0 Å². The largest absolute Gasteiger partial charge is 0.469 e. The van der Waals surface area contributed by atoms with Crippen LogP contribution in [0.2, 0.25) is 0 Å². The van der Waals surface area contributed by atoms with E-state index < -0.39 is 5.41 Å². The second kappa shape index (κ2) is 7.10. The highest BCUT2D eigenvalue weighted by Crippen LogP contribution is 2.26. The van der Waals surface area contributed by atoms with Gasteiger partial charge in [-0.25, -0.2) is 0 Å². The number of esters is 1. The maximum Gasteiger partial charge on any atom is 0.312 e. The van der Waals surface area contributed by atoms with E-state index in [4.69, 9.17) is 4.74 Å². The van der Waals surface area contributed by atoms with Gasteiger partial charge in [0, 0.05) is 19.1 Å². The molecule has 1 saturated carbocycles. The van der Waals surface area contributed by atoms with Crippen molar-refractivity contribution in [2.45, 2.75) is 52.0 Å². The van der Waals surface area contributed by atoms with E-state index in [1.807, 2.05) is 13.8 Å². The quantitative estimate of drug-likeness (QED) is 0.737. The molecule has 0 atom stereocenters. The van der Waals surface area contributed by atoms with E-state index in [0.717, 1.165) is 0 Å². The Morgan fingerprint density at radius 1 is 1.33 bits per heavy atom. The Hall–Kier alpha value is -0.610. The summed E-state index contributed by atoms with van der Waals surface area (Å²) in [4.78, 5) is 14.0. The van der Waals surface area contributed by atoms with Crippen LogP contribution in [0.1, 0.15) is 46.0 Å². The number of hydrogen-bond acceptors (Lipinski definition) is 4. The summed E-state index contributed by atoms with van der Waals surface area (Å²) in [7, 11) is 1.43. The van der Waals surface area contributed by atoms with Crippen LogP contribution in [0.5, 0.6) is 0 Å². The Morgan fingerprint density at radius 2 is 1.94 bits per heavy atom. The number of rotatable bonds is 6. The van der Waals surface area contributed by atoms with Gasteiger partial charge < -0.3 is 9.84 Å². The highest BCUT2D eigenvalue weighted by atomic mass is 16.5. The first kappa shape index (κ1) is 15.4. The Labute approximate surface area is 110 Å². The van der Waals surface area contributed by atoms with Crippen LogP contribution in [-0.4, -0.2) is 48.8 Å². The molecule has 1 aliphatic rings. The van der Waals surface area contributed by atoms with Crippen LogP contribution in [-0.2, 0) is 9.53 Å². The molecule has 1 aliphatic carbocycles. The SMILES string of the molecule is COC(=O)C(C)(C)CN(CCO)C1CCCCC1. The van der Waals surface area contributed by atoms with Crippen molar-refractivity contribution >= 4 is 5.97 Å². The van der Waals surface area contributed by atoms with Crippen molar-refractivity contribution in [3.8, 4) is 0 Å². The Morgan fingerprint density at radius 3 is 2.44 bits per heavy atom. The lowest BCUT2D eigenvalue weighted by Crippen LogP contribution is -2.46. The van der Waals surface area contributed by atoms with Gasteiger partial charge in [0.05, 0.1) is 19.1 Å². The molecule has 0 saturated heterocycles. The number of ether oxygens (including phenoxy) is 1. The lowest BCUT2D eigenvalue weighted by Gasteiger charge is -2.38. The van der Waals surface area contributed by atoms with Crippen molar-refractivity contribution in [3.05, 3.63) is 0 Å². The topological polar surface area (TPSA) is 49.8 Å². The zero-order valence-electron chi connectivity index (χ0n) is 11.9. The summed E-state index contributed by atoms with van der Waals surface area (Å²) in [5, 5.41) is 9.20. The van der Waals surface area contributed by atoms with Gasteiger partial charge in [-0.15, -0.1) is 0 Å². The molecule has 0 spiro atoms. The number of nitrogens with zero attached hydrogens (tertiary/aromatic N) is 1. The van der Waals surface area contributed by atoms with Crippen molar-refractivity contribution in [1.82, 2.24) is 4.90 Å². The molecule has 0 radical (unpaired) electrons. The smallest absolute Gasteiger partial charge is 0.312 e. The molecular weight excluding hydrogens is 230 g/mol. The Bertz CT molecular complexity index is 260. The predicted molar refractivity (Wildman–Crippen MR) is 71.3 cm³/mol. The molecule has 0 unspecified atom stereocenters. The van der Waals surface area contributed by atoms with Crippen LogP contribution in [0.15, 0.2) is 0 Å². The van der Waals surface area contributed by atoms with E-state index in [1.54, 1.807) is 0 Å². The summed E-state index contributed by atoms with van der Waals surface area (Å²) >= 11 is 0. The van der Waals surface area contributed by atoms with Crippen LogP contribution >= 0.6 is 0 Å². The van der Waals surface area contributed by atoms with Crippen molar-refractivity contribution in [2.24, 2.45) is 5.41 Å². The second-order valence-corrected chi connectivity index (χ2v) is 5.86. The summed E-state index contributed by atoms with van der Waals surface area (Å²) in [6, 6.07) is 0.509. The van der Waals surface area contributed by atoms with Gasteiger partial charge in [0.15, 0.2) is 0 Å². The van der Waals surface area contributed by atoms with Crippen LogP contribution in [0.25, 0.3) is 0 Å². The van der Waals surface area contributed by atoms with Gasteiger partial charge in [0.1, 0.15) is 0 Å². The number of carbonyl (C=O) groups excluding carboxylic acids is 1. The van der Waals surface area contributed by atoms with E-state index >= 15 is 0 Å². The monoisotopic (exact) mass is 257 g/mol. The third-order valence-electron chi connectivity index (χ3n) is 3.81. The number of hydrogen-bond donors (Lipinski definition) is 1. The molecule has 0 aromatic heterocycles. The molecule has 0 aliphatic heterocycles. The Kier molecular flexibility index (Phi) is 6.09. The number of aliphatic hydroxyl groups excluding tert-OH is 1. The molecular formula is C14H27NO3. The lowest BCUT2D eigenvalue weighted by atomic mass is 9.89. The first-order valence-electron chi connectivity index (χ1n) is 6.94. The molecule has 18 heavy (non-hydrogen) atoms. The third kappa shape index (κ3) is 4.25. The molecule has 1 rings (SSSR count). The number of methoxy groups -OCH3 is 1. The van der Waals surface area contributed by atoms with Crippen molar-refractivity contribution < 1.29 is 14.6 Å². The predicted octanol–water partition coefficient (Wildman–Crippen LogP) is 1.81. The van der Waals surface area contributed by atoms with Crippen LogP contribution in [0.4, 0.5) is 0 Å². The van der Waals surface area contributed by atoms with Gasteiger partial charge in [0.25, 0.3) is 0 Å². The standard InChI is InChI=1S/C14H27NO3/c1-14(2,13(17)18-3)11-15(9-10-16)12-7-5-4-6-8-12/h12,16H,4-11H2,1-3H3. The van der Waals surface area contributed by atoms with Gasteiger partial charge in [0.2, 0.25) is 0 Å². The molecule has 1 fully saturated rings. The van der Waals surface area contributed by atoms with E-state index in [0.29, 0.717) is 19.1 Å². The summed E-state index contributed by atoms with van der Waals surface area (Å²) in [6.07, 6.45) is 6.18. The highest BCUT2D eigenvalue weighted by Gasteiger charge is 2.33. The normalized spacial score (nSPS) is 18.1. The fourth-order valence-corrected chi connectivity index (χ4v) is 2.81. The average Bonchev–Trinajstić information content (AvgIpc) is 2.38. The summed E-state index contributed by atoms with van der Waals surface area (Å²) in [5.74, 6) is -0.179. The first-order valence-corrected chi connectivity index (χ1v) is 6.94.